The smallest absolute Gasteiger partial charge is 0.273 e. The van der Waals surface area contributed by atoms with Crippen LogP contribution in [0.3, 0.4) is 0 Å². The van der Waals surface area contributed by atoms with Gasteiger partial charge in [0.25, 0.3) is 5.91 Å². The van der Waals surface area contributed by atoms with E-state index >= 15 is 0 Å². The van der Waals surface area contributed by atoms with E-state index in [0.29, 0.717) is 24.8 Å². The summed E-state index contributed by atoms with van der Waals surface area (Å²) in [5, 5.41) is 3.23. The first-order chi connectivity index (χ1) is 10.1. The molecule has 1 amide bonds. The molecule has 0 saturated carbocycles. The predicted octanol–water partition coefficient (Wildman–Crippen LogP) is 3.06. The molecule has 1 N–H and O–H groups in total. The molecule has 4 heteroatoms. The first-order valence-electron chi connectivity index (χ1n) is 7.23. The molecule has 2 heterocycles. The largest absolute Gasteiger partial charge is 0.368 e. The molecule has 4 nitrogen and oxygen atoms in total. The van der Waals surface area contributed by atoms with Crippen molar-refractivity contribution >= 4 is 11.7 Å². The van der Waals surface area contributed by atoms with E-state index in [2.05, 4.69) is 22.4 Å². The van der Waals surface area contributed by atoms with E-state index in [4.69, 9.17) is 0 Å². The van der Waals surface area contributed by atoms with Crippen molar-refractivity contribution in [2.24, 2.45) is 0 Å². The fourth-order valence-corrected chi connectivity index (χ4v) is 2.57. The van der Waals surface area contributed by atoms with Crippen LogP contribution in [-0.4, -0.2) is 21.8 Å². The standard InChI is InChI=1S/C17H19N3O/c1-12(2)18-16-9-5-8-15(19-16)17(21)20-10-13-6-3-4-7-14(13)11-20/h3-9,12H,10-11H2,1-2H3,(H,18,19). The summed E-state index contributed by atoms with van der Waals surface area (Å²) in [6.07, 6.45) is 0. The van der Waals surface area contributed by atoms with Gasteiger partial charge < -0.3 is 10.2 Å². The van der Waals surface area contributed by atoms with E-state index in [9.17, 15) is 4.79 Å². The van der Waals surface area contributed by atoms with Gasteiger partial charge in [-0.15, -0.1) is 0 Å². The minimum absolute atomic E-state index is 0.0152. The van der Waals surface area contributed by atoms with Crippen LogP contribution < -0.4 is 5.32 Å². The van der Waals surface area contributed by atoms with Crippen molar-refractivity contribution in [1.29, 1.82) is 0 Å². The van der Waals surface area contributed by atoms with Crippen molar-refractivity contribution in [1.82, 2.24) is 9.88 Å². The summed E-state index contributed by atoms with van der Waals surface area (Å²) >= 11 is 0. The van der Waals surface area contributed by atoms with E-state index < -0.39 is 0 Å². The lowest BCUT2D eigenvalue weighted by Crippen LogP contribution is -2.26. The van der Waals surface area contributed by atoms with Crippen LogP contribution in [0.25, 0.3) is 0 Å². The lowest BCUT2D eigenvalue weighted by atomic mass is 10.1. The topological polar surface area (TPSA) is 45.2 Å². The first-order valence-corrected chi connectivity index (χ1v) is 7.23. The van der Waals surface area contributed by atoms with E-state index in [-0.39, 0.29) is 5.91 Å². The maximum atomic E-state index is 12.6. The van der Waals surface area contributed by atoms with Crippen LogP contribution in [-0.2, 0) is 13.1 Å². The molecule has 2 aromatic rings. The fraction of sp³-hybridized carbons (Fsp3) is 0.294. The number of hydrogen-bond acceptors (Lipinski definition) is 3. The molecule has 0 fully saturated rings. The Morgan fingerprint density at radius 3 is 2.38 bits per heavy atom. The summed E-state index contributed by atoms with van der Waals surface area (Å²) in [7, 11) is 0. The number of hydrogen-bond donors (Lipinski definition) is 1. The quantitative estimate of drug-likeness (QED) is 0.940. The Labute approximate surface area is 124 Å². The van der Waals surface area contributed by atoms with Crippen LogP contribution in [0.4, 0.5) is 5.82 Å². The minimum Gasteiger partial charge on any atom is -0.368 e. The number of nitrogens with one attached hydrogen (secondary N) is 1. The number of aromatic nitrogens is 1. The number of benzene rings is 1. The Morgan fingerprint density at radius 2 is 1.76 bits per heavy atom. The molecule has 3 rings (SSSR count). The molecule has 0 saturated heterocycles. The van der Waals surface area contributed by atoms with Gasteiger partial charge in [0.1, 0.15) is 11.5 Å². The van der Waals surface area contributed by atoms with Crippen molar-refractivity contribution in [3.05, 3.63) is 59.3 Å². The highest BCUT2D eigenvalue weighted by molar-refractivity contribution is 5.93. The Morgan fingerprint density at radius 1 is 1.10 bits per heavy atom. The average molecular weight is 281 g/mol. The molecule has 108 valence electrons. The molecule has 1 aromatic carbocycles. The number of nitrogens with zero attached hydrogens (tertiary/aromatic N) is 2. The number of anilines is 1. The van der Waals surface area contributed by atoms with Crippen LogP contribution >= 0.6 is 0 Å². The summed E-state index contributed by atoms with van der Waals surface area (Å²) in [4.78, 5) is 18.8. The number of fused-ring (bicyclic) bond motifs is 1. The molecule has 1 aromatic heterocycles. The zero-order valence-corrected chi connectivity index (χ0v) is 12.3. The number of carbonyl (C=O) groups is 1. The van der Waals surface area contributed by atoms with Gasteiger partial charge in [0, 0.05) is 19.1 Å². The van der Waals surface area contributed by atoms with Crippen LogP contribution in [0.1, 0.15) is 35.5 Å². The Hall–Kier alpha value is -2.36. The van der Waals surface area contributed by atoms with Gasteiger partial charge in [-0.1, -0.05) is 30.3 Å². The van der Waals surface area contributed by atoms with Crippen molar-refractivity contribution < 1.29 is 4.79 Å². The van der Waals surface area contributed by atoms with Crippen molar-refractivity contribution in [2.75, 3.05) is 5.32 Å². The average Bonchev–Trinajstić information content (AvgIpc) is 2.90. The van der Waals surface area contributed by atoms with Gasteiger partial charge in [-0.25, -0.2) is 4.98 Å². The zero-order valence-electron chi connectivity index (χ0n) is 12.3. The SMILES string of the molecule is CC(C)Nc1cccc(C(=O)N2Cc3ccccc3C2)n1. The van der Waals surface area contributed by atoms with Gasteiger partial charge >= 0.3 is 0 Å². The molecule has 21 heavy (non-hydrogen) atoms. The lowest BCUT2D eigenvalue weighted by molar-refractivity contribution is 0.0745. The highest BCUT2D eigenvalue weighted by atomic mass is 16.2. The molecular weight excluding hydrogens is 262 g/mol. The zero-order chi connectivity index (χ0) is 14.8. The van der Waals surface area contributed by atoms with Crippen molar-refractivity contribution in [3.63, 3.8) is 0 Å². The Kier molecular flexibility index (Phi) is 3.60. The van der Waals surface area contributed by atoms with Crippen LogP contribution in [0.2, 0.25) is 0 Å². The van der Waals surface area contributed by atoms with Gasteiger partial charge in [-0.05, 0) is 37.1 Å². The summed E-state index contributed by atoms with van der Waals surface area (Å²) in [6, 6.07) is 14.0. The van der Waals surface area contributed by atoms with E-state index in [0.717, 1.165) is 5.82 Å². The molecule has 0 aliphatic carbocycles. The molecule has 0 spiro atoms. The molecule has 1 aliphatic rings. The summed E-state index contributed by atoms with van der Waals surface area (Å²) in [6.45, 7) is 5.43. The van der Waals surface area contributed by atoms with Crippen molar-refractivity contribution in [2.45, 2.75) is 33.0 Å². The maximum absolute atomic E-state index is 12.6. The van der Waals surface area contributed by atoms with Gasteiger partial charge in [-0.2, -0.15) is 0 Å². The molecule has 1 aliphatic heterocycles. The van der Waals surface area contributed by atoms with Crippen LogP contribution in [0.15, 0.2) is 42.5 Å². The lowest BCUT2D eigenvalue weighted by Gasteiger charge is -2.16. The normalized spacial score (nSPS) is 13.4. The molecule has 0 bridgehead atoms. The van der Waals surface area contributed by atoms with E-state index in [1.807, 2.05) is 43.0 Å². The first kappa shape index (κ1) is 13.6. The predicted molar refractivity (Wildman–Crippen MR) is 83.0 cm³/mol. The Bertz CT molecular complexity index is 642. The molecule has 0 unspecified atom stereocenters. The van der Waals surface area contributed by atoms with Gasteiger partial charge in [0.2, 0.25) is 0 Å². The Balaban J connectivity index is 1.78. The highest BCUT2D eigenvalue weighted by Crippen LogP contribution is 2.23. The second kappa shape index (κ2) is 5.56. The molecular formula is C17H19N3O. The maximum Gasteiger partial charge on any atom is 0.273 e. The van der Waals surface area contributed by atoms with E-state index in [1.54, 1.807) is 6.07 Å². The number of rotatable bonds is 3. The third-order valence-corrected chi connectivity index (χ3v) is 3.53. The third kappa shape index (κ3) is 2.89. The highest BCUT2D eigenvalue weighted by Gasteiger charge is 2.24. The summed E-state index contributed by atoms with van der Waals surface area (Å²) in [5.41, 5.74) is 2.94. The summed E-state index contributed by atoms with van der Waals surface area (Å²) in [5.74, 6) is 0.728. The number of amides is 1. The number of pyridine rings is 1. The van der Waals surface area contributed by atoms with Crippen LogP contribution in [0.5, 0.6) is 0 Å². The fourth-order valence-electron chi connectivity index (χ4n) is 2.57. The monoisotopic (exact) mass is 281 g/mol. The second-order valence-electron chi connectivity index (χ2n) is 5.64. The molecule has 0 atom stereocenters. The van der Waals surface area contributed by atoms with Gasteiger partial charge in [0.15, 0.2) is 0 Å². The number of carbonyl (C=O) groups excluding carboxylic acids is 1. The molecule has 0 radical (unpaired) electrons. The second-order valence-corrected chi connectivity index (χ2v) is 5.64. The van der Waals surface area contributed by atoms with E-state index in [1.165, 1.54) is 11.1 Å². The minimum atomic E-state index is -0.0152. The van der Waals surface area contributed by atoms with Gasteiger partial charge in [-0.3, -0.25) is 4.79 Å². The van der Waals surface area contributed by atoms with Gasteiger partial charge in [0.05, 0.1) is 0 Å². The summed E-state index contributed by atoms with van der Waals surface area (Å²) < 4.78 is 0. The van der Waals surface area contributed by atoms with Crippen molar-refractivity contribution in [3.8, 4) is 0 Å². The third-order valence-electron chi connectivity index (χ3n) is 3.53. The van der Waals surface area contributed by atoms with Crippen LogP contribution in [0, 0.1) is 0 Å².